The Morgan fingerprint density at radius 1 is 1.00 bits per heavy atom. The molecule has 0 bridgehead atoms. The van der Waals surface area contributed by atoms with Crippen LogP contribution in [0.1, 0.15) is 6.42 Å². The standard InChI is InChI=1S/C5H7F6NO.ClH/c6-4(7,8)2(12)1-3(13)5(9,10)11;/h2-3,13H,1,12H2;1H/t2-,3-;/m0./s1. The molecular formula is C5H8ClF6NO. The van der Waals surface area contributed by atoms with Crippen LogP contribution < -0.4 is 5.73 Å². The topological polar surface area (TPSA) is 46.2 Å². The van der Waals surface area contributed by atoms with Crippen molar-refractivity contribution in [1.29, 1.82) is 0 Å². The largest absolute Gasteiger partial charge is 0.414 e. The van der Waals surface area contributed by atoms with Crippen LogP contribution in [0, 0.1) is 0 Å². The van der Waals surface area contributed by atoms with E-state index < -0.39 is 30.9 Å². The zero-order valence-electron chi connectivity index (χ0n) is 6.56. The molecule has 0 saturated carbocycles. The number of nitrogens with two attached hydrogens (primary N) is 1. The van der Waals surface area contributed by atoms with E-state index in [0.29, 0.717) is 0 Å². The van der Waals surface area contributed by atoms with E-state index in [1.807, 2.05) is 0 Å². The van der Waals surface area contributed by atoms with Crippen molar-refractivity contribution < 1.29 is 31.4 Å². The fraction of sp³-hybridized carbons (Fsp3) is 1.00. The number of hydrogen-bond acceptors (Lipinski definition) is 2. The Labute approximate surface area is 81.5 Å². The average molecular weight is 248 g/mol. The summed E-state index contributed by atoms with van der Waals surface area (Å²) in [6, 6.07) is -2.66. The number of hydrogen-bond donors (Lipinski definition) is 2. The summed E-state index contributed by atoms with van der Waals surface area (Å²) >= 11 is 0. The van der Waals surface area contributed by atoms with Crippen molar-refractivity contribution in [3.8, 4) is 0 Å². The molecule has 0 heterocycles. The van der Waals surface area contributed by atoms with Gasteiger partial charge in [-0.2, -0.15) is 26.3 Å². The van der Waals surface area contributed by atoms with E-state index >= 15 is 0 Å². The van der Waals surface area contributed by atoms with E-state index in [-0.39, 0.29) is 12.4 Å². The van der Waals surface area contributed by atoms with E-state index in [2.05, 4.69) is 5.73 Å². The van der Waals surface area contributed by atoms with E-state index in [4.69, 9.17) is 5.11 Å². The van der Waals surface area contributed by atoms with Crippen LogP contribution in [0.25, 0.3) is 0 Å². The molecule has 0 saturated heterocycles. The minimum absolute atomic E-state index is 0. The molecule has 0 amide bonds. The van der Waals surface area contributed by atoms with Crippen LogP contribution in [0.3, 0.4) is 0 Å². The molecular weight excluding hydrogens is 240 g/mol. The van der Waals surface area contributed by atoms with Crippen molar-refractivity contribution >= 4 is 12.4 Å². The third kappa shape index (κ3) is 5.51. The lowest BCUT2D eigenvalue weighted by atomic mass is 10.1. The van der Waals surface area contributed by atoms with E-state index in [1.54, 1.807) is 0 Å². The first-order valence-corrected chi connectivity index (χ1v) is 3.12. The summed E-state index contributed by atoms with van der Waals surface area (Å²) < 4.78 is 69.4. The lowest BCUT2D eigenvalue weighted by Gasteiger charge is -2.20. The van der Waals surface area contributed by atoms with E-state index in [9.17, 15) is 26.3 Å². The van der Waals surface area contributed by atoms with Crippen molar-refractivity contribution in [3.63, 3.8) is 0 Å². The molecule has 0 aliphatic heterocycles. The third-order valence-corrected chi connectivity index (χ3v) is 1.28. The van der Waals surface area contributed by atoms with Gasteiger partial charge in [0.2, 0.25) is 0 Å². The summed E-state index contributed by atoms with van der Waals surface area (Å²) in [7, 11) is 0. The second kappa shape index (κ2) is 5.04. The van der Waals surface area contributed by atoms with Gasteiger partial charge in [-0.3, -0.25) is 0 Å². The summed E-state index contributed by atoms with van der Waals surface area (Å²) in [4.78, 5) is 0. The Hall–Kier alpha value is -0.210. The molecule has 2 nitrogen and oxygen atoms in total. The molecule has 0 aromatic heterocycles. The molecule has 14 heavy (non-hydrogen) atoms. The summed E-state index contributed by atoms with van der Waals surface area (Å²) in [5, 5.41) is 8.21. The Balaban J connectivity index is 0. The molecule has 0 aliphatic carbocycles. The van der Waals surface area contributed by atoms with Gasteiger partial charge in [0.05, 0.1) is 0 Å². The van der Waals surface area contributed by atoms with Crippen LogP contribution >= 0.6 is 12.4 Å². The van der Waals surface area contributed by atoms with Crippen LogP contribution in [0.5, 0.6) is 0 Å². The molecule has 3 N–H and O–H groups in total. The van der Waals surface area contributed by atoms with Crippen LogP contribution in [0.2, 0.25) is 0 Å². The van der Waals surface area contributed by atoms with Crippen LogP contribution in [-0.4, -0.2) is 29.6 Å². The number of aliphatic hydroxyl groups excluding tert-OH is 1. The van der Waals surface area contributed by atoms with Gasteiger partial charge in [-0.1, -0.05) is 0 Å². The first kappa shape index (κ1) is 16.2. The van der Waals surface area contributed by atoms with E-state index in [1.165, 1.54) is 0 Å². The molecule has 0 unspecified atom stereocenters. The molecule has 0 spiro atoms. The maximum atomic E-state index is 11.6. The molecule has 0 rings (SSSR count). The van der Waals surface area contributed by atoms with Crippen molar-refractivity contribution in [2.75, 3.05) is 0 Å². The highest BCUT2D eigenvalue weighted by Crippen LogP contribution is 2.28. The van der Waals surface area contributed by atoms with Gasteiger partial charge in [-0.25, -0.2) is 0 Å². The quantitative estimate of drug-likeness (QED) is 0.729. The van der Waals surface area contributed by atoms with E-state index in [0.717, 1.165) is 0 Å². The fourth-order valence-corrected chi connectivity index (χ4v) is 0.508. The molecule has 2 atom stereocenters. The monoisotopic (exact) mass is 247 g/mol. The molecule has 0 aromatic rings. The fourth-order valence-electron chi connectivity index (χ4n) is 0.508. The normalized spacial score (nSPS) is 17.1. The summed E-state index contributed by atoms with van der Waals surface area (Å²) in [5.74, 6) is 0. The Morgan fingerprint density at radius 2 is 1.36 bits per heavy atom. The molecule has 0 aromatic carbocycles. The Kier molecular flexibility index (Phi) is 5.84. The van der Waals surface area contributed by atoms with Gasteiger partial charge in [0, 0.05) is 6.42 Å². The van der Waals surface area contributed by atoms with Gasteiger partial charge >= 0.3 is 12.4 Å². The maximum Gasteiger partial charge on any atom is 0.414 e. The van der Waals surface area contributed by atoms with Crippen molar-refractivity contribution in [1.82, 2.24) is 0 Å². The third-order valence-electron chi connectivity index (χ3n) is 1.28. The predicted octanol–water partition coefficient (Wildman–Crippen LogP) is 1.61. The van der Waals surface area contributed by atoms with Gasteiger partial charge in [0.1, 0.15) is 6.04 Å². The SMILES string of the molecule is Cl.N[C@@H](C[C@H](O)C(F)(F)F)C(F)(F)F. The molecule has 0 fully saturated rings. The average Bonchev–Trinajstić information content (AvgIpc) is 1.82. The second-order valence-electron chi connectivity index (χ2n) is 2.44. The number of rotatable bonds is 2. The first-order valence-electron chi connectivity index (χ1n) is 3.12. The van der Waals surface area contributed by atoms with Gasteiger partial charge in [-0.15, -0.1) is 12.4 Å². The highest BCUT2D eigenvalue weighted by atomic mass is 35.5. The maximum absolute atomic E-state index is 11.6. The van der Waals surface area contributed by atoms with Crippen molar-refractivity contribution in [3.05, 3.63) is 0 Å². The predicted molar refractivity (Wildman–Crippen MR) is 38.0 cm³/mol. The molecule has 0 aliphatic rings. The zero-order chi connectivity index (χ0) is 10.9. The molecule has 0 radical (unpaired) electrons. The summed E-state index contributed by atoms with van der Waals surface area (Å²) in [5.41, 5.74) is 4.36. The highest BCUT2D eigenvalue weighted by molar-refractivity contribution is 5.85. The van der Waals surface area contributed by atoms with Gasteiger partial charge in [0.25, 0.3) is 0 Å². The molecule has 88 valence electrons. The zero-order valence-corrected chi connectivity index (χ0v) is 7.38. The number of halogens is 7. The lowest BCUT2D eigenvalue weighted by Crippen LogP contribution is -2.43. The summed E-state index contributed by atoms with van der Waals surface area (Å²) in [6.07, 6.45) is -14.6. The van der Waals surface area contributed by atoms with Gasteiger partial charge in [-0.05, 0) is 0 Å². The molecule has 9 heteroatoms. The lowest BCUT2D eigenvalue weighted by molar-refractivity contribution is -0.219. The second-order valence-corrected chi connectivity index (χ2v) is 2.44. The van der Waals surface area contributed by atoms with Crippen LogP contribution in [0.4, 0.5) is 26.3 Å². The Morgan fingerprint density at radius 3 is 1.57 bits per heavy atom. The van der Waals surface area contributed by atoms with Crippen LogP contribution in [-0.2, 0) is 0 Å². The summed E-state index contributed by atoms with van der Waals surface area (Å²) in [6.45, 7) is 0. The highest BCUT2D eigenvalue weighted by Gasteiger charge is 2.45. The minimum Gasteiger partial charge on any atom is -0.384 e. The first-order chi connectivity index (χ1) is 5.55. The Bertz CT molecular complexity index is 151. The van der Waals surface area contributed by atoms with Crippen molar-refractivity contribution in [2.24, 2.45) is 5.73 Å². The smallest absolute Gasteiger partial charge is 0.384 e. The van der Waals surface area contributed by atoms with Crippen LogP contribution in [0.15, 0.2) is 0 Å². The number of alkyl halides is 6. The van der Waals surface area contributed by atoms with Crippen molar-refractivity contribution in [2.45, 2.75) is 30.9 Å². The number of aliphatic hydroxyl groups is 1. The van der Waals surface area contributed by atoms with Gasteiger partial charge < -0.3 is 10.8 Å². The minimum atomic E-state index is -5.07. The van der Waals surface area contributed by atoms with Gasteiger partial charge in [0.15, 0.2) is 6.10 Å².